The molecule has 1 saturated carbocycles. The Labute approximate surface area is 176 Å². The normalized spacial score (nSPS) is 20.0. The van der Waals surface area contributed by atoms with Crippen molar-refractivity contribution >= 4 is 49.0 Å². The molecule has 0 bridgehead atoms. The van der Waals surface area contributed by atoms with Gasteiger partial charge in [0.2, 0.25) is 4.34 Å². The van der Waals surface area contributed by atoms with E-state index in [1.165, 1.54) is 23.5 Å². The molecule has 3 aromatic rings. The lowest BCUT2D eigenvalue weighted by molar-refractivity contribution is -0.384. The lowest BCUT2D eigenvalue weighted by atomic mass is 9.96. The molecule has 1 N–H and O–H groups in total. The van der Waals surface area contributed by atoms with Gasteiger partial charge >= 0.3 is 0 Å². The monoisotopic (exact) mass is 449 g/mol. The van der Waals surface area contributed by atoms with E-state index in [0.29, 0.717) is 10.8 Å². The van der Waals surface area contributed by atoms with Crippen molar-refractivity contribution < 1.29 is 13.3 Å². The number of thiazole rings is 1. The zero-order valence-corrected chi connectivity index (χ0v) is 17.8. The van der Waals surface area contributed by atoms with Crippen LogP contribution in [0, 0.1) is 10.1 Å². The number of nitrogens with one attached hydrogen (secondary N) is 1. The number of nitro benzene ring substituents is 1. The highest BCUT2D eigenvalue weighted by Gasteiger charge is 2.28. The molecule has 0 unspecified atom stereocenters. The van der Waals surface area contributed by atoms with Crippen molar-refractivity contribution in [1.82, 2.24) is 9.71 Å². The van der Waals surface area contributed by atoms with Crippen LogP contribution in [0.5, 0.6) is 0 Å². The molecule has 0 amide bonds. The van der Waals surface area contributed by atoms with Gasteiger partial charge in [0.25, 0.3) is 15.7 Å². The first kappa shape index (κ1) is 20.3. The van der Waals surface area contributed by atoms with Gasteiger partial charge in [-0.15, -0.1) is 23.1 Å². The summed E-state index contributed by atoms with van der Waals surface area (Å²) in [5.41, 5.74) is 0.781. The zero-order valence-electron chi connectivity index (χ0n) is 15.4. The van der Waals surface area contributed by atoms with Gasteiger partial charge in [0.15, 0.2) is 0 Å². The fourth-order valence-corrected chi connectivity index (χ4v) is 7.10. The van der Waals surface area contributed by atoms with Gasteiger partial charge in [0, 0.05) is 28.3 Å². The molecule has 10 heteroatoms. The van der Waals surface area contributed by atoms with Crippen LogP contribution in [0.3, 0.4) is 0 Å². The first-order valence-electron chi connectivity index (χ1n) is 9.20. The van der Waals surface area contributed by atoms with Gasteiger partial charge in [0.05, 0.1) is 15.1 Å². The predicted molar refractivity (Wildman–Crippen MR) is 115 cm³/mol. The molecule has 2 aromatic carbocycles. The lowest BCUT2D eigenvalue weighted by Gasteiger charge is -2.28. The Kier molecular flexibility index (Phi) is 5.86. The summed E-state index contributed by atoms with van der Waals surface area (Å²) in [4.78, 5) is 15.6. The van der Waals surface area contributed by atoms with Crippen molar-refractivity contribution in [2.45, 2.75) is 46.2 Å². The molecule has 4 rings (SSSR count). The number of nitrogens with zero attached hydrogens (tertiary/aromatic N) is 2. The van der Waals surface area contributed by atoms with Gasteiger partial charge in [0.1, 0.15) is 0 Å². The van der Waals surface area contributed by atoms with Crippen LogP contribution in [-0.2, 0) is 10.0 Å². The molecule has 7 nitrogen and oxygen atoms in total. The van der Waals surface area contributed by atoms with Crippen LogP contribution in [0.4, 0.5) is 5.69 Å². The second-order valence-corrected chi connectivity index (χ2v) is 11.2. The molecule has 1 aliphatic carbocycles. The summed E-state index contributed by atoms with van der Waals surface area (Å²) in [7, 11) is -3.62. The number of non-ortho nitro benzene ring substituents is 1. The first-order chi connectivity index (χ1) is 13.9. The van der Waals surface area contributed by atoms with Gasteiger partial charge in [-0.25, -0.2) is 18.1 Å². The van der Waals surface area contributed by atoms with E-state index < -0.39 is 14.9 Å². The Balaban J connectivity index is 1.33. The van der Waals surface area contributed by atoms with Gasteiger partial charge in [-0.1, -0.05) is 12.1 Å². The highest BCUT2D eigenvalue weighted by Crippen LogP contribution is 2.35. The van der Waals surface area contributed by atoms with E-state index in [4.69, 9.17) is 0 Å². The quantitative estimate of drug-likeness (QED) is 0.436. The molecule has 1 fully saturated rings. The molecule has 0 saturated heterocycles. The van der Waals surface area contributed by atoms with E-state index in [2.05, 4.69) is 9.71 Å². The number of rotatable bonds is 6. The SMILES string of the molecule is O=[N+]([O-])c1ccc(SC2CCC(NS(=O)(=O)c3nc4ccccc4s3)CC2)cc1. The zero-order chi connectivity index (χ0) is 20.4. The number of sulfonamides is 1. The molecule has 152 valence electrons. The van der Waals surface area contributed by atoms with Crippen molar-refractivity contribution in [3.63, 3.8) is 0 Å². The number of para-hydroxylation sites is 1. The number of nitro groups is 1. The Morgan fingerprint density at radius 1 is 1.07 bits per heavy atom. The van der Waals surface area contributed by atoms with E-state index >= 15 is 0 Å². The van der Waals surface area contributed by atoms with Crippen molar-refractivity contribution in [3.05, 3.63) is 58.6 Å². The van der Waals surface area contributed by atoms with Crippen LogP contribution in [0.2, 0.25) is 0 Å². The van der Waals surface area contributed by atoms with Crippen LogP contribution in [-0.4, -0.2) is 29.6 Å². The molecular weight excluding hydrogens is 430 g/mol. The number of hydrogen-bond acceptors (Lipinski definition) is 7. The summed E-state index contributed by atoms with van der Waals surface area (Å²) < 4.78 is 29.2. The molecule has 1 aliphatic rings. The van der Waals surface area contributed by atoms with Crippen molar-refractivity contribution in [2.24, 2.45) is 0 Å². The van der Waals surface area contributed by atoms with Gasteiger partial charge < -0.3 is 0 Å². The molecule has 1 heterocycles. The van der Waals surface area contributed by atoms with E-state index in [-0.39, 0.29) is 16.1 Å². The summed E-state index contributed by atoms with van der Waals surface area (Å²) in [6, 6.07) is 13.9. The minimum atomic E-state index is -3.62. The Morgan fingerprint density at radius 3 is 2.41 bits per heavy atom. The molecule has 0 atom stereocenters. The Hall–Kier alpha value is -2.01. The smallest absolute Gasteiger partial charge is 0.258 e. The molecular formula is C19H19N3O4S3. The number of hydrogen-bond donors (Lipinski definition) is 1. The molecule has 0 radical (unpaired) electrons. The molecule has 1 aromatic heterocycles. The standard InChI is InChI=1S/C19H19N3O4S3/c23-22(24)14-7-11-16(12-8-14)27-15-9-5-13(6-10-15)21-29(25,26)19-20-17-3-1-2-4-18(17)28-19/h1-4,7-8,11-13,15,21H,5-6,9-10H2. The predicted octanol–water partition coefficient (Wildman–Crippen LogP) is 4.59. The van der Waals surface area contributed by atoms with Crippen LogP contribution >= 0.6 is 23.1 Å². The minimum absolute atomic E-state index is 0.0855. The maximum absolute atomic E-state index is 12.7. The van der Waals surface area contributed by atoms with Gasteiger partial charge in [-0.3, -0.25) is 10.1 Å². The second-order valence-electron chi connectivity index (χ2n) is 6.91. The summed E-state index contributed by atoms with van der Waals surface area (Å²) in [6.07, 6.45) is 3.28. The van der Waals surface area contributed by atoms with Crippen LogP contribution in [0.1, 0.15) is 25.7 Å². The fourth-order valence-electron chi connectivity index (χ4n) is 3.37. The maximum Gasteiger partial charge on any atom is 0.269 e. The fraction of sp³-hybridized carbons (Fsp3) is 0.316. The van der Waals surface area contributed by atoms with Crippen molar-refractivity contribution in [3.8, 4) is 0 Å². The lowest BCUT2D eigenvalue weighted by Crippen LogP contribution is -2.38. The van der Waals surface area contributed by atoms with E-state index in [1.807, 2.05) is 24.3 Å². The Morgan fingerprint density at radius 2 is 1.76 bits per heavy atom. The highest BCUT2D eigenvalue weighted by molar-refractivity contribution is 8.00. The van der Waals surface area contributed by atoms with Gasteiger partial charge in [-0.05, 0) is 49.9 Å². The molecule has 0 aliphatic heterocycles. The second kappa shape index (κ2) is 8.39. The maximum atomic E-state index is 12.7. The Bertz CT molecular complexity index is 1090. The number of benzene rings is 2. The third-order valence-electron chi connectivity index (χ3n) is 4.85. The first-order valence-corrected chi connectivity index (χ1v) is 12.4. The van der Waals surface area contributed by atoms with Gasteiger partial charge in [-0.2, -0.15) is 0 Å². The number of aromatic nitrogens is 1. The summed E-state index contributed by atoms with van der Waals surface area (Å²) >= 11 is 2.88. The highest BCUT2D eigenvalue weighted by atomic mass is 32.2. The minimum Gasteiger partial charge on any atom is -0.258 e. The van der Waals surface area contributed by atoms with Crippen molar-refractivity contribution in [2.75, 3.05) is 0 Å². The summed E-state index contributed by atoms with van der Waals surface area (Å²) in [5, 5.41) is 11.1. The largest absolute Gasteiger partial charge is 0.269 e. The third kappa shape index (κ3) is 4.77. The van der Waals surface area contributed by atoms with E-state index in [9.17, 15) is 18.5 Å². The van der Waals surface area contributed by atoms with E-state index in [0.717, 1.165) is 35.3 Å². The third-order valence-corrected chi connectivity index (χ3v) is 9.13. The number of thioether (sulfide) groups is 1. The average molecular weight is 450 g/mol. The molecule has 29 heavy (non-hydrogen) atoms. The molecule has 0 spiro atoms. The average Bonchev–Trinajstić information content (AvgIpc) is 3.15. The summed E-state index contributed by atoms with van der Waals surface area (Å²) in [6.45, 7) is 0. The van der Waals surface area contributed by atoms with Crippen molar-refractivity contribution in [1.29, 1.82) is 0 Å². The van der Waals surface area contributed by atoms with E-state index in [1.54, 1.807) is 23.9 Å². The number of fused-ring (bicyclic) bond motifs is 1. The van der Waals surface area contributed by atoms with Crippen LogP contribution < -0.4 is 4.72 Å². The van der Waals surface area contributed by atoms with Crippen LogP contribution in [0.15, 0.2) is 57.8 Å². The van der Waals surface area contributed by atoms with Crippen LogP contribution in [0.25, 0.3) is 10.2 Å². The topological polar surface area (TPSA) is 102 Å². The summed E-state index contributed by atoms with van der Waals surface area (Å²) in [5.74, 6) is 0.